The summed E-state index contributed by atoms with van der Waals surface area (Å²) in [5, 5.41) is 2.75. The third kappa shape index (κ3) is 4.35. The second-order valence-corrected chi connectivity index (χ2v) is 5.53. The smallest absolute Gasteiger partial charge is 0.253 e. The Kier molecular flexibility index (Phi) is 4.94. The molecule has 0 aliphatic carbocycles. The zero-order valence-corrected chi connectivity index (χ0v) is 13.7. The van der Waals surface area contributed by atoms with Crippen molar-refractivity contribution in [1.82, 2.24) is 24.8 Å². The Morgan fingerprint density at radius 3 is 2.68 bits per heavy atom. The van der Waals surface area contributed by atoms with E-state index in [0.717, 1.165) is 11.3 Å². The first kappa shape index (κ1) is 16.5. The third-order valence-corrected chi connectivity index (χ3v) is 3.59. The van der Waals surface area contributed by atoms with Gasteiger partial charge in [-0.15, -0.1) is 0 Å². The van der Waals surface area contributed by atoms with Crippen molar-refractivity contribution >= 4 is 5.91 Å². The number of hydrogen-bond acceptors (Lipinski definition) is 5. The van der Waals surface area contributed by atoms with Crippen molar-refractivity contribution in [2.75, 3.05) is 0 Å². The van der Waals surface area contributed by atoms with E-state index in [1.54, 1.807) is 6.92 Å². The van der Waals surface area contributed by atoms with Crippen LogP contribution in [0.5, 0.6) is 0 Å². The maximum absolute atomic E-state index is 12.0. The van der Waals surface area contributed by atoms with Crippen molar-refractivity contribution < 1.29 is 4.79 Å². The lowest BCUT2D eigenvalue weighted by atomic mass is 10.1. The molecule has 0 fully saturated rings. The summed E-state index contributed by atoms with van der Waals surface area (Å²) >= 11 is 0. The van der Waals surface area contributed by atoms with Crippen LogP contribution in [0.4, 0.5) is 0 Å². The highest BCUT2D eigenvalue weighted by Gasteiger charge is 2.07. The van der Waals surface area contributed by atoms with Crippen LogP contribution in [0.3, 0.4) is 0 Å². The number of rotatable bonds is 5. The molecule has 0 saturated heterocycles. The Morgan fingerprint density at radius 1 is 1.12 bits per heavy atom. The van der Waals surface area contributed by atoms with Crippen LogP contribution in [-0.4, -0.2) is 25.4 Å². The zero-order chi connectivity index (χ0) is 17.6. The molecule has 3 rings (SSSR count). The van der Waals surface area contributed by atoms with Crippen LogP contribution < -0.4 is 10.9 Å². The van der Waals surface area contributed by atoms with Crippen molar-refractivity contribution in [1.29, 1.82) is 0 Å². The molecule has 2 heterocycles. The van der Waals surface area contributed by atoms with Gasteiger partial charge >= 0.3 is 0 Å². The van der Waals surface area contributed by atoms with E-state index in [1.165, 1.54) is 23.3 Å². The van der Waals surface area contributed by atoms with E-state index >= 15 is 0 Å². The van der Waals surface area contributed by atoms with E-state index < -0.39 is 0 Å². The van der Waals surface area contributed by atoms with Crippen LogP contribution in [0.25, 0.3) is 11.3 Å². The molecule has 0 spiro atoms. The molecule has 0 radical (unpaired) electrons. The average molecular weight is 335 g/mol. The molecule has 3 aromatic rings. The summed E-state index contributed by atoms with van der Waals surface area (Å²) in [5.41, 5.74) is 2.83. The number of aryl methyl sites for hydroxylation is 1. The van der Waals surface area contributed by atoms with E-state index in [2.05, 4.69) is 20.3 Å². The zero-order valence-electron chi connectivity index (χ0n) is 13.7. The molecule has 0 atom stereocenters. The lowest BCUT2D eigenvalue weighted by Gasteiger charge is -2.08. The first-order valence-corrected chi connectivity index (χ1v) is 7.78. The molecule has 0 bridgehead atoms. The number of benzene rings is 1. The third-order valence-electron chi connectivity index (χ3n) is 3.59. The second-order valence-electron chi connectivity index (χ2n) is 5.53. The topological polar surface area (TPSA) is 89.8 Å². The standard InChI is InChI=1S/C18H17N5O2/c1-13-7-18(25)23(12-22-13)10-17(24)19-9-15-8-16(21-11-20-15)14-5-3-2-4-6-14/h2-8,11-12H,9-10H2,1H3,(H,19,24). The molecular weight excluding hydrogens is 318 g/mol. The van der Waals surface area contributed by atoms with E-state index in [9.17, 15) is 9.59 Å². The van der Waals surface area contributed by atoms with E-state index in [0.29, 0.717) is 11.4 Å². The van der Waals surface area contributed by atoms with Crippen LogP contribution in [0.2, 0.25) is 0 Å². The molecule has 7 heteroatoms. The Morgan fingerprint density at radius 2 is 1.92 bits per heavy atom. The minimum atomic E-state index is -0.285. The van der Waals surface area contributed by atoms with Gasteiger partial charge in [-0.25, -0.2) is 15.0 Å². The molecule has 7 nitrogen and oxygen atoms in total. The van der Waals surface area contributed by atoms with Gasteiger partial charge in [0, 0.05) is 17.3 Å². The minimum Gasteiger partial charge on any atom is -0.349 e. The Balaban J connectivity index is 1.63. The number of amides is 1. The summed E-state index contributed by atoms with van der Waals surface area (Å²) in [4.78, 5) is 36.2. The number of hydrogen-bond donors (Lipinski definition) is 1. The van der Waals surface area contributed by atoms with Crippen molar-refractivity contribution in [3.8, 4) is 11.3 Å². The van der Waals surface area contributed by atoms with Crippen LogP contribution in [-0.2, 0) is 17.9 Å². The SMILES string of the molecule is Cc1cc(=O)n(CC(=O)NCc2cc(-c3ccccc3)ncn2)cn1. The van der Waals surface area contributed by atoms with Gasteiger partial charge < -0.3 is 5.32 Å². The molecule has 0 unspecified atom stereocenters. The highest BCUT2D eigenvalue weighted by atomic mass is 16.2. The summed E-state index contributed by atoms with van der Waals surface area (Å²) < 4.78 is 1.26. The molecule has 25 heavy (non-hydrogen) atoms. The number of nitrogens with one attached hydrogen (secondary N) is 1. The number of aromatic nitrogens is 4. The molecule has 0 saturated carbocycles. The fourth-order valence-corrected chi connectivity index (χ4v) is 2.30. The fraction of sp³-hybridized carbons (Fsp3) is 0.167. The average Bonchev–Trinajstić information content (AvgIpc) is 2.63. The summed E-state index contributed by atoms with van der Waals surface area (Å²) in [6.07, 6.45) is 2.84. The lowest BCUT2D eigenvalue weighted by Crippen LogP contribution is -2.32. The van der Waals surface area contributed by atoms with Crippen LogP contribution in [0.15, 0.2) is 59.9 Å². The second kappa shape index (κ2) is 7.48. The van der Waals surface area contributed by atoms with Crippen molar-refractivity contribution in [3.05, 3.63) is 76.9 Å². The molecule has 1 aromatic carbocycles. The molecule has 2 aromatic heterocycles. The molecule has 0 aliphatic rings. The summed E-state index contributed by atoms with van der Waals surface area (Å²) in [7, 11) is 0. The normalized spacial score (nSPS) is 10.4. The van der Waals surface area contributed by atoms with E-state index in [4.69, 9.17) is 0 Å². The van der Waals surface area contributed by atoms with Crippen LogP contribution in [0, 0.1) is 6.92 Å². The first-order valence-electron chi connectivity index (χ1n) is 7.78. The predicted octanol–water partition coefficient (Wildman–Crippen LogP) is 1.33. The minimum absolute atomic E-state index is 0.0806. The van der Waals surface area contributed by atoms with E-state index in [1.807, 2.05) is 36.4 Å². The Labute approximate surface area is 144 Å². The van der Waals surface area contributed by atoms with Gasteiger partial charge in [0.1, 0.15) is 12.9 Å². The van der Waals surface area contributed by atoms with Gasteiger partial charge in [0.15, 0.2) is 0 Å². The molecule has 1 N–H and O–H groups in total. The Bertz CT molecular complexity index is 937. The molecule has 126 valence electrons. The van der Waals surface area contributed by atoms with Gasteiger partial charge in [-0.05, 0) is 13.0 Å². The quantitative estimate of drug-likeness (QED) is 0.759. The predicted molar refractivity (Wildman–Crippen MR) is 92.5 cm³/mol. The van der Waals surface area contributed by atoms with Crippen molar-refractivity contribution in [2.24, 2.45) is 0 Å². The first-order chi connectivity index (χ1) is 12.1. The summed E-state index contributed by atoms with van der Waals surface area (Å²) in [5.74, 6) is -0.285. The fourth-order valence-electron chi connectivity index (χ4n) is 2.30. The highest BCUT2D eigenvalue weighted by Crippen LogP contribution is 2.15. The van der Waals surface area contributed by atoms with Crippen LogP contribution in [0.1, 0.15) is 11.4 Å². The number of nitrogens with zero attached hydrogens (tertiary/aromatic N) is 4. The highest BCUT2D eigenvalue weighted by molar-refractivity contribution is 5.75. The lowest BCUT2D eigenvalue weighted by molar-refractivity contribution is -0.121. The summed E-state index contributed by atoms with van der Waals surface area (Å²) in [6.45, 7) is 1.91. The maximum Gasteiger partial charge on any atom is 0.253 e. The van der Waals surface area contributed by atoms with Gasteiger partial charge in [-0.2, -0.15) is 0 Å². The van der Waals surface area contributed by atoms with Gasteiger partial charge in [-0.1, -0.05) is 30.3 Å². The largest absolute Gasteiger partial charge is 0.349 e. The van der Waals surface area contributed by atoms with Crippen LogP contribution >= 0.6 is 0 Å². The molecular formula is C18H17N5O2. The van der Waals surface area contributed by atoms with Crippen molar-refractivity contribution in [2.45, 2.75) is 20.0 Å². The Hall–Kier alpha value is -3.35. The maximum atomic E-state index is 12.0. The molecule has 0 aliphatic heterocycles. The summed E-state index contributed by atoms with van der Waals surface area (Å²) in [6, 6.07) is 13.0. The number of carbonyl (C=O) groups excluding carboxylic acids is 1. The van der Waals surface area contributed by atoms with Gasteiger partial charge in [0.2, 0.25) is 5.91 Å². The van der Waals surface area contributed by atoms with Gasteiger partial charge in [-0.3, -0.25) is 14.2 Å². The van der Waals surface area contributed by atoms with Gasteiger partial charge in [0.25, 0.3) is 5.56 Å². The molecule has 1 amide bonds. The van der Waals surface area contributed by atoms with E-state index in [-0.39, 0.29) is 24.6 Å². The number of carbonyl (C=O) groups is 1. The monoisotopic (exact) mass is 335 g/mol. The van der Waals surface area contributed by atoms with Gasteiger partial charge in [0.05, 0.1) is 24.3 Å². The van der Waals surface area contributed by atoms with Crippen molar-refractivity contribution in [3.63, 3.8) is 0 Å².